The lowest BCUT2D eigenvalue weighted by atomic mass is 10.00. The molecule has 1 aliphatic rings. The van der Waals surface area contributed by atoms with Crippen LogP contribution in [0.3, 0.4) is 0 Å². The molecule has 180 valence electrons. The van der Waals surface area contributed by atoms with E-state index in [1.807, 2.05) is 0 Å². The van der Waals surface area contributed by atoms with E-state index >= 15 is 0 Å². The highest BCUT2D eigenvalue weighted by atomic mass is 19.4. The Balaban J connectivity index is 1.68. The number of nitrogens with two attached hydrogens (primary N) is 1. The summed E-state index contributed by atoms with van der Waals surface area (Å²) >= 11 is 0. The quantitative estimate of drug-likeness (QED) is 0.491. The molecule has 2 aromatic rings. The van der Waals surface area contributed by atoms with E-state index in [0.717, 1.165) is 38.1 Å². The monoisotopic (exact) mass is 467 g/mol. The molecule has 2 atom stereocenters. The standard InChI is InChI=1S/C23H28F3N3O4/c1-32-20-9-6-16(13-18(20)27)22(31)19(14-29-10-2-3-11-29)28-21(30)12-15-4-7-17(8-5-15)33-23(24,25)26/h4-9,13,19,22,31H,2-3,10-12,14,27H2,1H3,(H,28,30)/t19-,22-/m1/s1. The van der Waals surface area contributed by atoms with Gasteiger partial charge in [-0.05, 0) is 61.3 Å². The van der Waals surface area contributed by atoms with Gasteiger partial charge >= 0.3 is 6.36 Å². The summed E-state index contributed by atoms with van der Waals surface area (Å²) in [6.45, 7) is 2.21. The highest BCUT2D eigenvalue weighted by molar-refractivity contribution is 5.79. The van der Waals surface area contributed by atoms with Crippen LogP contribution in [-0.4, -0.2) is 55.1 Å². The minimum Gasteiger partial charge on any atom is -0.495 e. The number of methoxy groups -OCH3 is 1. The number of nitrogens with zero attached hydrogens (tertiary/aromatic N) is 1. The normalized spacial score (nSPS) is 16.3. The van der Waals surface area contributed by atoms with Crippen molar-refractivity contribution in [2.45, 2.75) is 37.8 Å². The third-order valence-corrected chi connectivity index (χ3v) is 5.50. The lowest BCUT2D eigenvalue weighted by Crippen LogP contribution is -2.47. The van der Waals surface area contributed by atoms with Crippen molar-refractivity contribution < 1.29 is 32.5 Å². The maximum Gasteiger partial charge on any atom is 0.573 e. The molecule has 0 bridgehead atoms. The predicted octanol–water partition coefficient (Wildman–Crippen LogP) is 3.03. The summed E-state index contributed by atoms with van der Waals surface area (Å²) in [4.78, 5) is 14.9. The molecule has 0 aromatic heterocycles. The molecule has 1 aliphatic heterocycles. The van der Waals surface area contributed by atoms with Crippen molar-refractivity contribution in [3.05, 3.63) is 53.6 Å². The number of hydrogen-bond donors (Lipinski definition) is 3. The van der Waals surface area contributed by atoms with E-state index in [1.54, 1.807) is 18.2 Å². The number of carbonyl (C=O) groups excluding carboxylic acids is 1. The van der Waals surface area contributed by atoms with Gasteiger partial charge in [0.05, 0.1) is 25.3 Å². The third-order valence-electron chi connectivity index (χ3n) is 5.50. The molecule has 2 aromatic carbocycles. The van der Waals surface area contributed by atoms with Gasteiger partial charge in [0, 0.05) is 6.54 Å². The van der Waals surface area contributed by atoms with Crippen LogP contribution in [0.15, 0.2) is 42.5 Å². The number of rotatable bonds is 9. The van der Waals surface area contributed by atoms with Gasteiger partial charge in [0.2, 0.25) is 5.91 Å². The number of aliphatic hydroxyl groups is 1. The van der Waals surface area contributed by atoms with Crippen molar-refractivity contribution in [1.29, 1.82) is 0 Å². The Labute approximate surface area is 190 Å². The first-order valence-corrected chi connectivity index (χ1v) is 10.6. The van der Waals surface area contributed by atoms with Crippen LogP contribution >= 0.6 is 0 Å². The average Bonchev–Trinajstić information content (AvgIpc) is 3.26. The Kier molecular flexibility index (Phi) is 8.04. The fourth-order valence-corrected chi connectivity index (χ4v) is 3.89. The average molecular weight is 467 g/mol. The minimum absolute atomic E-state index is 0.0553. The number of carbonyl (C=O) groups is 1. The summed E-state index contributed by atoms with van der Waals surface area (Å²) in [6, 6.07) is 9.49. The highest BCUT2D eigenvalue weighted by Crippen LogP contribution is 2.28. The van der Waals surface area contributed by atoms with E-state index in [9.17, 15) is 23.1 Å². The Morgan fingerprint density at radius 2 is 1.85 bits per heavy atom. The Bertz CT molecular complexity index is 932. The maximum atomic E-state index is 12.7. The lowest BCUT2D eigenvalue weighted by Gasteiger charge is -2.29. The molecule has 7 nitrogen and oxygen atoms in total. The van der Waals surface area contributed by atoms with Crippen molar-refractivity contribution in [2.24, 2.45) is 0 Å². The van der Waals surface area contributed by atoms with Crippen LogP contribution in [0, 0.1) is 0 Å². The maximum absolute atomic E-state index is 12.7. The Morgan fingerprint density at radius 3 is 2.42 bits per heavy atom. The largest absolute Gasteiger partial charge is 0.573 e. The van der Waals surface area contributed by atoms with E-state index in [4.69, 9.17) is 10.5 Å². The van der Waals surface area contributed by atoms with Gasteiger partial charge in [-0.3, -0.25) is 4.79 Å². The second kappa shape index (κ2) is 10.8. The summed E-state index contributed by atoms with van der Waals surface area (Å²) in [6.07, 6.45) is -3.73. The Morgan fingerprint density at radius 1 is 1.18 bits per heavy atom. The van der Waals surface area contributed by atoms with Gasteiger partial charge in [-0.2, -0.15) is 0 Å². The number of benzene rings is 2. The molecular formula is C23H28F3N3O4. The third kappa shape index (κ3) is 7.26. The van der Waals surface area contributed by atoms with Gasteiger partial charge in [-0.25, -0.2) is 0 Å². The molecule has 10 heteroatoms. The number of hydrogen-bond acceptors (Lipinski definition) is 6. The first-order chi connectivity index (χ1) is 15.6. The zero-order valence-corrected chi connectivity index (χ0v) is 18.3. The van der Waals surface area contributed by atoms with Gasteiger partial charge < -0.3 is 30.5 Å². The van der Waals surface area contributed by atoms with Crippen molar-refractivity contribution in [3.8, 4) is 11.5 Å². The Hall–Kier alpha value is -2.98. The summed E-state index contributed by atoms with van der Waals surface area (Å²) in [5, 5.41) is 13.9. The van der Waals surface area contributed by atoms with Gasteiger partial charge in [0.15, 0.2) is 0 Å². The van der Waals surface area contributed by atoms with Crippen molar-refractivity contribution in [3.63, 3.8) is 0 Å². The molecule has 0 unspecified atom stereocenters. The summed E-state index contributed by atoms with van der Waals surface area (Å²) in [7, 11) is 1.50. The molecule has 3 rings (SSSR count). The smallest absolute Gasteiger partial charge is 0.495 e. The van der Waals surface area contributed by atoms with Crippen molar-refractivity contribution in [1.82, 2.24) is 10.2 Å². The molecule has 0 radical (unpaired) electrons. The van der Waals surface area contributed by atoms with E-state index < -0.39 is 18.5 Å². The first kappa shape index (κ1) is 24.7. The van der Waals surface area contributed by atoms with Crippen LogP contribution in [0.2, 0.25) is 0 Å². The summed E-state index contributed by atoms with van der Waals surface area (Å²) in [5.41, 5.74) is 7.42. The van der Waals surface area contributed by atoms with Gasteiger partial charge in [-0.15, -0.1) is 13.2 Å². The van der Waals surface area contributed by atoms with Crippen LogP contribution in [0.25, 0.3) is 0 Å². The van der Waals surface area contributed by atoms with Crippen molar-refractivity contribution >= 4 is 11.6 Å². The summed E-state index contributed by atoms with van der Waals surface area (Å²) < 4.78 is 46.0. The molecule has 4 N–H and O–H groups in total. The van der Waals surface area contributed by atoms with Gasteiger partial charge in [-0.1, -0.05) is 18.2 Å². The predicted molar refractivity (Wildman–Crippen MR) is 117 cm³/mol. The number of nitrogen functional groups attached to an aromatic ring is 1. The number of likely N-dealkylation sites (tertiary alicyclic amines) is 1. The molecule has 0 spiro atoms. The number of nitrogens with one attached hydrogen (secondary N) is 1. The van der Waals surface area contributed by atoms with Crippen molar-refractivity contribution in [2.75, 3.05) is 32.5 Å². The number of anilines is 1. The SMILES string of the molecule is COc1ccc([C@@H](O)[C@@H](CN2CCCC2)NC(=O)Cc2ccc(OC(F)(F)F)cc2)cc1N. The number of aliphatic hydroxyl groups excluding tert-OH is 1. The number of halogens is 3. The van der Waals surface area contributed by atoms with Gasteiger partial charge in [0.1, 0.15) is 17.6 Å². The molecule has 0 aliphatic carbocycles. The second-order valence-corrected chi connectivity index (χ2v) is 8.00. The van der Waals surface area contributed by atoms with Crippen LogP contribution in [-0.2, 0) is 11.2 Å². The van der Waals surface area contributed by atoms with Crippen LogP contribution in [0.1, 0.15) is 30.1 Å². The lowest BCUT2D eigenvalue weighted by molar-refractivity contribution is -0.274. The molecular weight excluding hydrogens is 439 g/mol. The minimum atomic E-state index is -4.78. The highest BCUT2D eigenvalue weighted by Gasteiger charge is 2.31. The van der Waals surface area contributed by atoms with E-state index in [1.165, 1.54) is 19.2 Å². The van der Waals surface area contributed by atoms with Crippen LogP contribution < -0.4 is 20.5 Å². The number of alkyl halides is 3. The molecule has 1 heterocycles. The van der Waals surface area contributed by atoms with Gasteiger partial charge in [0.25, 0.3) is 0 Å². The molecule has 1 saturated heterocycles. The van der Waals surface area contributed by atoms with E-state index in [0.29, 0.717) is 29.1 Å². The zero-order chi connectivity index (χ0) is 24.0. The zero-order valence-electron chi connectivity index (χ0n) is 18.3. The van der Waals surface area contributed by atoms with Crippen LogP contribution in [0.5, 0.6) is 11.5 Å². The molecule has 0 saturated carbocycles. The first-order valence-electron chi connectivity index (χ1n) is 10.6. The van der Waals surface area contributed by atoms with E-state index in [-0.39, 0.29) is 18.1 Å². The molecule has 33 heavy (non-hydrogen) atoms. The number of amides is 1. The fraction of sp³-hybridized carbons (Fsp3) is 0.435. The van der Waals surface area contributed by atoms with Crippen LogP contribution in [0.4, 0.5) is 18.9 Å². The topological polar surface area (TPSA) is 97.0 Å². The van der Waals surface area contributed by atoms with E-state index in [2.05, 4.69) is 15.0 Å². The second-order valence-electron chi connectivity index (χ2n) is 8.00. The fourth-order valence-electron chi connectivity index (χ4n) is 3.89. The molecule has 1 amide bonds. The number of ether oxygens (including phenoxy) is 2. The summed E-state index contributed by atoms with van der Waals surface area (Å²) in [5.74, 6) is -0.223. The molecule has 1 fully saturated rings.